The van der Waals surface area contributed by atoms with E-state index in [1.54, 1.807) is 19.1 Å². The monoisotopic (exact) mass is 444 g/mol. The summed E-state index contributed by atoms with van der Waals surface area (Å²) in [6.07, 6.45) is 0. The third kappa shape index (κ3) is 4.40. The average Bonchev–Trinajstić information content (AvgIpc) is 3.05. The van der Waals surface area contributed by atoms with Gasteiger partial charge in [-0.05, 0) is 54.8 Å². The maximum absolute atomic E-state index is 12.7. The van der Waals surface area contributed by atoms with Crippen molar-refractivity contribution in [2.24, 2.45) is 5.14 Å². The van der Waals surface area contributed by atoms with Crippen LogP contribution in [0.3, 0.4) is 0 Å². The van der Waals surface area contributed by atoms with E-state index in [9.17, 15) is 13.2 Å². The molecule has 0 spiro atoms. The van der Waals surface area contributed by atoms with Gasteiger partial charge in [-0.2, -0.15) is 0 Å². The highest BCUT2D eigenvalue weighted by Gasteiger charge is 2.24. The Labute approximate surface area is 181 Å². The Hall–Kier alpha value is -2.68. The van der Waals surface area contributed by atoms with Gasteiger partial charge < -0.3 is 9.64 Å². The van der Waals surface area contributed by atoms with Crippen LogP contribution in [0.4, 0.5) is 5.69 Å². The van der Waals surface area contributed by atoms with Crippen molar-refractivity contribution in [2.45, 2.75) is 18.7 Å². The van der Waals surface area contributed by atoms with E-state index < -0.39 is 16.0 Å². The molecule has 0 amide bonds. The first kappa shape index (κ1) is 22.0. The van der Waals surface area contributed by atoms with Crippen molar-refractivity contribution < 1.29 is 17.9 Å². The van der Waals surface area contributed by atoms with Crippen molar-refractivity contribution in [3.8, 4) is 21.6 Å². The molecular weight excluding hydrogens is 420 g/mol. The Kier molecular flexibility index (Phi) is 6.30. The number of benzene rings is 2. The summed E-state index contributed by atoms with van der Waals surface area (Å²) >= 11 is 1.38. The number of sulfonamides is 1. The summed E-state index contributed by atoms with van der Waals surface area (Å²) in [6.45, 7) is 3.99. The number of nitrogens with two attached hydrogens (primary N) is 1. The third-order valence-electron chi connectivity index (χ3n) is 4.73. The fraction of sp³-hybridized carbons (Fsp3) is 0.227. The Balaban J connectivity index is 2.15. The van der Waals surface area contributed by atoms with Gasteiger partial charge in [0.05, 0.1) is 11.5 Å². The summed E-state index contributed by atoms with van der Waals surface area (Å²) in [5.74, 6) is -0.396. The highest BCUT2D eigenvalue weighted by atomic mass is 32.2. The molecule has 1 heterocycles. The molecule has 2 N–H and O–H groups in total. The molecule has 1 aromatic heterocycles. The van der Waals surface area contributed by atoms with Crippen LogP contribution in [0.25, 0.3) is 21.6 Å². The van der Waals surface area contributed by atoms with Crippen LogP contribution in [0.2, 0.25) is 0 Å². The highest BCUT2D eigenvalue weighted by molar-refractivity contribution is 7.89. The summed E-state index contributed by atoms with van der Waals surface area (Å²) in [5.41, 5.74) is 4.49. The van der Waals surface area contributed by atoms with Crippen LogP contribution in [0.1, 0.15) is 22.2 Å². The van der Waals surface area contributed by atoms with Crippen molar-refractivity contribution in [1.82, 2.24) is 0 Å². The zero-order chi connectivity index (χ0) is 22.1. The molecule has 0 saturated heterocycles. The average molecular weight is 445 g/mol. The van der Waals surface area contributed by atoms with Gasteiger partial charge >= 0.3 is 5.97 Å². The molecule has 158 valence electrons. The van der Waals surface area contributed by atoms with E-state index in [2.05, 4.69) is 0 Å². The number of nitrogens with zero attached hydrogens (tertiary/aromatic N) is 1. The zero-order valence-corrected chi connectivity index (χ0v) is 18.9. The molecular formula is C22H24N2O4S2. The van der Waals surface area contributed by atoms with E-state index in [-0.39, 0.29) is 11.5 Å². The molecule has 3 rings (SSSR count). The number of rotatable bonds is 6. The molecule has 0 unspecified atom stereocenters. The smallest absolute Gasteiger partial charge is 0.348 e. The highest BCUT2D eigenvalue weighted by Crippen LogP contribution is 2.42. The van der Waals surface area contributed by atoms with Crippen molar-refractivity contribution in [2.75, 3.05) is 25.6 Å². The number of carbonyl (C=O) groups excluding carboxylic acids is 1. The number of esters is 1. The van der Waals surface area contributed by atoms with Crippen LogP contribution in [-0.2, 0) is 14.8 Å². The van der Waals surface area contributed by atoms with Crippen LogP contribution in [-0.4, -0.2) is 35.1 Å². The van der Waals surface area contributed by atoms with Crippen LogP contribution in [0.15, 0.2) is 53.4 Å². The van der Waals surface area contributed by atoms with E-state index in [0.717, 1.165) is 32.8 Å². The van der Waals surface area contributed by atoms with Crippen LogP contribution < -0.4 is 10.0 Å². The first-order valence-corrected chi connectivity index (χ1v) is 11.7. The van der Waals surface area contributed by atoms with Crippen LogP contribution >= 0.6 is 11.3 Å². The van der Waals surface area contributed by atoms with Gasteiger partial charge in [0, 0.05) is 30.2 Å². The predicted octanol–water partition coefficient (Wildman–Crippen LogP) is 4.28. The summed E-state index contributed by atoms with van der Waals surface area (Å²) in [5, 5.41) is 5.20. The van der Waals surface area contributed by atoms with Gasteiger partial charge in [-0.1, -0.05) is 24.3 Å². The lowest BCUT2D eigenvalue weighted by molar-refractivity contribution is 0.0533. The SMILES string of the molecule is CCOC(=O)c1sc(-c2ccc(N(C)C)cc2)c(C)c1-c1ccc(S(N)(=O)=O)cc1. The fourth-order valence-corrected chi connectivity index (χ4v) is 4.94. The number of thiophene rings is 1. The Morgan fingerprint density at radius 1 is 1.03 bits per heavy atom. The van der Waals surface area contributed by atoms with Gasteiger partial charge in [-0.3, -0.25) is 0 Å². The molecule has 0 atom stereocenters. The maximum Gasteiger partial charge on any atom is 0.348 e. The summed E-state index contributed by atoms with van der Waals surface area (Å²) in [4.78, 5) is 16.2. The van der Waals surface area contributed by atoms with Gasteiger partial charge in [0.2, 0.25) is 10.0 Å². The van der Waals surface area contributed by atoms with Crippen molar-refractivity contribution >= 4 is 33.0 Å². The van der Waals surface area contributed by atoms with Crippen LogP contribution in [0.5, 0.6) is 0 Å². The number of anilines is 1. The topological polar surface area (TPSA) is 89.7 Å². The molecule has 0 aliphatic carbocycles. The van der Waals surface area contributed by atoms with Gasteiger partial charge in [0.15, 0.2) is 0 Å². The summed E-state index contributed by atoms with van der Waals surface area (Å²) in [6, 6.07) is 14.3. The van der Waals surface area contributed by atoms with Crippen molar-refractivity contribution in [3.05, 3.63) is 59.0 Å². The minimum absolute atomic E-state index is 0.0244. The Bertz CT molecular complexity index is 1160. The molecule has 3 aromatic rings. The number of hydrogen-bond donors (Lipinski definition) is 1. The van der Waals surface area contributed by atoms with E-state index >= 15 is 0 Å². The molecule has 2 aromatic carbocycles. The number of carbonyl (C=O) groups is 1. The molecule has 0 aliphatic heterocycles. The van der Waals surface area contributed by atoms with E-state index in [4.69, 9.17) is 9.88 Å². The standard InChI is InChI=1S/C22H24N2O4S2/c1-5-28-22(25)21-19(15-8-12-18(13-9-15)30(23,26)27)14(2)20(29-21)16-6-10-17(11-7-16)24(3)4/h6-13H,5H2,1-4H3,(H2,23,26,27). The molecule has 0 saturated carbocycles. The van der Waals surface area contributed by atoms with Gasteiger partial charge in [-0.25, -0.2) is 18.4 Å². The quantitative estimate of drug-likeness (QED) is 0.573. The summed E-state index contributed by atoms with van der Waals surface area (Å²) < 4.78 is 28.4. The molecule has 6 nitrogen and oxygen atoms in total. The molecule has 0 aliphatic rings. The van der Waals surface area contributed by atoms with Gasteiger partial charge in [0.25, 0.3) is 0 Å². The second kappa shape index (κ2) is 8.59. The molecule has 8 heteroatoms. The largest absolute Gasteiger partial charge is 0.462 e. The minimum atomic E-state index is -3.79. The minimum Gasteiger partial charge on any atom is -0.462 e. The van der Waals surface area contributed by atoms with E-state index in [0.29, 0.717) is 4.88 Å². The zero-order valence-electron chi connectivity index (χ0n) is 17.3. The Morgan fingerprint density at radius 2 is 1.60 bits per heavy atom. The molecule has 30 heavy (non-hydrogen) atoms. The van der Waals surface area contributed by atoms with E-state index in [1.807, 2.05) is 50.2 Å². The fourth-order valence-electron chi connectivity index (χ4n) is 3.20. The number of ether oxygens (including phenoxy) is 1. The van der Waals surface area contributed by atoms with Gasteiger partial charge in [-0.15, -0.1) is 11.3 Å². The molecule has 0 radical (unpaired) electrons. The molecule has 0 bridgehead atoms. The lowest BCUT2D eigenvalue weighted by Gasteiger charge is -2.12. The molecule has 0 fully saturated rings. The third-order valence-corrected chi connectivity index (χ3v) is 6.98. The number of hydrogen-bond acceptors (Lipinski definition) is 6. The normalized spacial score (nSPS) is 11.4. The lowest BCUT2D eigenvalue weighted by Crippen LogP contribution is -2.11. The van der Waals surface area contributed by atoms with Crippen molar-refractivity contribution in [3.63, 3.8) is 0 Å². The number of primary sulfonamides is 1. The van der Waals surface area contributed by atoms with Crippen molar-refractivity contribution in [1.29, 1.82) is 0 Å². The first-order valence-electron chi connectivity index (χ1n) is 9.35. The Morgan fingerprint density at radius 3 is 2.10 bits per heavy atom. The first-order chi connectivity index (χ1) is 14.1. The maximum atomic E-state index is 12.7. The van der Waals surface area contributed by atoms with Gasteiger partial charge in [0.1, 0.15) is 4.88 Å². The summed E-state index contributed by atoms with van der Waals surface area (Å²) in [7, 11) is 0.171. The van der Waals surface area contributed by atoms with E-state index in [1.165, 1.54) is 23.5 Å². The van der Waals surface area contributed by atoms with Crippen LogP contribution in [0, 0.1) is 6.92 Å². The predicted molar refractivity (Wildman–Crippen MR) is 122 cm³/mol. The second-order valence-electron chi connectivity index (χ2n) is 6.99. The lowest BCUT2D eigenvalue weighted by atomic mass is 9.99. The second-order valence-corrected chi connectivity index (χ2v) is 9.57.